The molecule has 0 bridgehead atoms. The summed E-state index contributed by atoms with van der Waals surface area (Å²) in [5.74, 6) is -0.799. The summed E-state index contributed by atoms with van der Waals surface area (Å²) in [6.45, 7) is 6.39. The topological polar surface area (TPSA) is 46.3 Å². The van der Waals surface area contributed by atoms with E-state index in [1.165, 1.54) is 0 Å². The molecule has 0 radical (unpaired) electrons. The number of carbonyl (C=O) groups is 1. The van der Waals surface area contributed by atoms with E-state index >= 15 is 0 Å². The Labute approximate surface area is 106 Å². The van der Waals surface area contributed by atoms with Crippen LogP contribution in [-0.2, 0) is 4.79 Å². The smallest absolute Gasteiger partial charge is 0.332 e. The lowest BCUT2D eigenvalue weighted by molar-refractivity contribution is -0.162. The fraction of sp³-hybridized carbons (Fsp3) is 0.917. The van der Waals surface area contributed by atoms with Gasteiger partial charge in [-0.3, -0.25) is 4.79 Å². The van der Waals surface area contributed by atoms with Crippen LogP contribution in [0.2, 0.25) is 0 Å². The van der Waals surface area contributed by atoms with E-state index in [-0.39, 0.29) is 29.8 Å². The molecule has 0 aliphatic heterocycles. The lowest BCUT2D eigenvalue weighted by Gasteiger charge is -2.24. The standard InChI is InChI=1S/C12H21F3N2O/c1-10(2)8(11(10,3)4)9(18)17(6-5-16)7-12(13,14)15/h8H,5-7,16H2,1-4H3. The van der Waals surface area contributed by atoms with E-state index in [0.717, 1.165) is 4.90 Å². The molecule has 1 aliphatic carbocycles. The van der Waals surface area contributed by atoms with E-state index in [4.69, 9.17) is 5.73 Å². The van der Waals surface area contributed by atoms with E-state index < -0.39 is 18.6 Å². The van der Waals surface area contributed by atoms with Crippen molar-refractivity contribution in [1.29, 1.82) is 0 Å². The zero-order valence-electron chi connectivity index (χ0n) is 11.3. The Bertz CT molecular complexity index is 323. The molecule has 1 saturated carbocycles. The third-order valence-electron chi connectivity index (χ3n) is 4.35. The Hall–Kier alpha value is -0.780. The van der Waals surface area contributed by atoms with Crippen LogP contribution in [-0.4, -0.2) is 36.6 Å². The lowest BCUT2D eigenvalue weighted by atomic mass is 10.0. The summed E-state index contributed by atoms with van der Waals surface area (Å²) in [7, 11) is 0. The van der Waals surface area contributed by atoms with Crippen LogP contribution in [0.15, 0.2) is 0 Å². The molecule has 0 unspecified atom stereocenters. The van der Waals surface area contributed by atoms with Gasteiger partial charge in [0.1, 0.15) is 6.54 Å². The molecule has 18 heavy (non-hydrogen) atoms. The molecule has 1 rings (SSSR count). The fourth-order valence-corrected chi connectivity index (χ4v) is 2.64. The first-order chi connectivity index (χ1) is 7.95. The Balaban J connectivity index is 2.80. The van der Waals surface area contributed by atoms with Gasteiger partial charge in [0.05, 0.1) is 0 Å². The summed E-state index contributed by atoms with van der Waals surface area (Å²) in [6.07, 6.45) is -4.38. The third-order valence-corrected chi connectivity index (χ3v) is 4.35. The van der Waals surface area contributed by atoms with Crippen LogP contribution in [0.4, 0.5) is 13.2 Å². The second-order valence-corrected chi connectivity index (χ2v) is 6.04. The molecule has 2 N–H and O–H groups in total. The van der Waals surface area contributed by atoms with Crippen molar-refractivity contribution in [3.05, 3.63) is 0 Å². The molecule has 3 nitrogen and oxygen atoms in total. The van der Waals surface area contributed by atoms with Gasteiger partial charge in [0, 0.05) is 19.0 Å². The highest BCUT2D eigenvalue weighted by atomic mass is 19.4. The number of amides is 1. The van der Waals surface area contributed by atoms with Crippen molar-refractivity contribution in [2.24, 2.45) is 22.5 Å². The highest BCUT2D eigenvalue weighted by molar-refractivity contribution is 5.84. The SMILES string of the molecule is CC1(C)C(C(=O)N(CCN)CC(F)(F)F)C1(C)C. The first-order valence-electron chi connectivity index (χ1n) is 6.00. The monoisotopic (exact) mass is 266 g/mol. The van der Waals surface area contributed by atoms with Gasteiger partial charge in [-0.15, -0.1) is 0 Å². The fourth-order valence-electron chi connectivity index (χ4n) is 2.64. The Morgan fingerprint density at radius 3 is 1.94 bits per heavy atom. The van der Waals surface area contributed by atoms with Crippen LogP contribution < -0.4 is 5.73 Å². The summed E-state index contributed by atoms with van der Waals surface area (Å²) < 4.78 is 37.3. The average Bonchev–Trinajstić information content (AvgIpc) is 2.53. The maximum absolute atomic E-state index is 12.4. The van der Waals surface area contributed by atoms with Crippen LogP contribution in [0.5, 0.6) is 0 Å². The molecule has 0 heterocycles. The van der Waals surface area contributed by atoms with Crippen LogP contribution in [0, 0.1) is 16.7 Å². The van der Waals surface area contributed by atoms with E-state index in [2.05, 4.69) is 0 Å². The Morgan fingerprint density at radius 2 is 1.67 bits per heavy atom. The van der Waals surface area contributed by atoms with Crippen molar-refractivity contribution in [1.82, 2.24) is 4.90 Å². The maximum Gasteiger partial charge on any atom is 0.406 e. The molecule has 0 spiro atoms. The van der Waals surface area contributed by atoms with Gasteiger partial charge in [0.2, 0.25) is 5.91 Å². The van der Waals surface area contributed by atoms with Crippen molar-refractivity contribution in [2.45, 2.75) is 33.9 Å². The van der Waals surface area contributed by atoms with Gasteiger partial charge in [0.15, 0.2) is 0 Å². The second-order valence-electron chi connectivity index (χ2n) is 6.04. The molecule has 1 amide bonds. The maximum atomic E-state index is 12.4. The molecule has 6 heteroatoms. The molecular formula is C12H21F3N2O. The van der Waals surface area contributed by atoms with Crippen LogP contribution in [0.25, 0.3) is 0 Å². The number of hydrogen-bond acceptors (Lipinski definition) is 2. The van der Waals surface area contributed by atoms with Gasteiger partial charge in [-0.1, -0.05) is 27.7 Å². The predicted molar refractivity (Wildman–Crippen MR) is 62.7 cm³/mol. The highest BCUT2D eigenvalue weighted by Crippen LogP contribution is 2.68. The first-order valence-corrected chi connectivity index (χ1v) is 6.00. The third kappa shape index (κ3) is 2.63. The molecule has 0 atom stereocenters. The van der Waals surface area contributed by atoms with E-state index in [1.54, 1.807) is 0 Å². The minimum absolute atomic E-state index is 0.0371. The molecular weight excluding hydrogens is 245 g/mol. The van der Waals surface area contributed by atoms with Gasteiger partial charge in [-0.25, -0.2) is 0 Å². The summed E-state index contributed by atoms with van der Waals surface area (Å²) in [5.41, 5.74) is 4.76. The normalized spacial score (nSPS) is 21.8. The van der Waals surface area contributed by atoms with Crippen molar-refractivity contribution in [3.8, 4) is 0 Å². The molecule has 0 saturated heterocycles. The van der Waals surface area contributed by atoms with Gasteiger partial charge in [-0.2, -0.15) is 13.2 Å². The van der Waals surface area contributed by atoms with E-state index in [1.807, 2.05) is 27.7 Å². The number of halogens is 3. The summed E-state index contributed by atoms with van der Waals surface area (Å²) in [5, 5.41) is 0. The summed E-state index contributed by atoms with van der Waals surface area (Å²) in [6, 6.07) is 0. The van der Waals surface area contributed by atoms with Crippen molar-refractivity contribution in [2.75, 3.05) is 19.6 Å². The second kappa shape index (κ2) is 4.40. The number of nitrogens with zero attached hydrogens (tertiary/aromatic N) is 1. The molecule has 1 fully saturated rings. The van der Waals surface area contributed by atoms with Crippen molar-refractivity contribution in [3.63, 3.8) is 0 Å². The van der Waals surface area contributed by atoms with Gasteiger partial charge < -0.3 is 10.6 Å². The molecule has 0 aromatic rings. The summed E-state index contributed by atoms with van der Waals surface area (Å²) in [4.78, 5) is 13.0. The molecule has 1 aliphatic rings. The van der Waals surface area contributed by atoms with Crippen molar-refractivity contribution >= 4 is 5.91 Å². The number of carbonyl (C=O) groups excluding carboxylic acids is 1. The van der Waals surface area contributed by atoms with E-state index in [0.29, 0.717) is 0 Å². The highest BCUT2D eigenvalue weighted by Gasteiger charge is 2.69. The molecule has 0 aromatic carbocycles. The molecule has 0 aromatic heterocycles. The predicted octanol–water partition coefficient (Wildman–Crippen LogP) is 2.02. The zero-order chi connectivity index (χ0) is 14.4. The van der Waals surface area contributed by atoms with Crippen LogP contribution in [0.1, 0.15) is 27.7 Å². The van der Waals surface area contributed by atoms with Gasteiger partial charge in [0.25, 0.3) is 0 Å². The number of nitrogens with two attached hydrogens (primary N) is 1. The van der Waals surface area contributed by atoms with Crippen LogP contribution >= 0.6 is 0 Å². The minimum atomic E-state index is -4.38. The number of hydrogen-bond donors (Lipinski definition) is 1. The van der Waals surface area contributed by atoms with Gasteiger partial charge in [-0.05, 0) is 10.8 Å². The van der Waals surface area contributed by atoms with E-state index in [9.17, 15) is 18.0 Å². The number of rotatable bonds is 4. The quantitative estimate of drug-likeness (QED) is 0.846. The number of alkyl halides is 3. The van der Waals surface area contributed by atoms with Crippen molar-refractivity contribution < 1.29 is 18.0 Å². The Morgan fingerprint density at radius 1 is 1.22 bits per heavy atom. The average molecular weight is 266 g/mol. The van der Waals surface area contributed by atoms with Gasteiger partial charge >= 0.3 is 6.18 Å². The zero-order valence-corrected chi connectivity index (χ0v) is 11.3. The first kappa shape index (κ1) is 15.3. The van der Waals surface area contributed by atoms with Crippen LogP contribution in [0.3, 0.4) is 0 Å². The lowest BCUT2D eigenvalue weighted by Crippen LogP contribution is -2.43. The summed E-state index contributed by atoms with van der Waals surface area (Å²) >= 11 is 0. The Kier molecular flexibility index (Phi) is 3.74. The molecule has 106 valence electrons. The minimum Gasteiger partial charge on any atom is -0.332 e. The largest absolute Gasteiger partial charge is 0.406 e.